The average Bonchev–Trinajstić information content (AvgIpc) is 2.66. The molecular weight excluding hydrogens is 234 g/mol. The third kappa shape index (κ3) is 1.50. The predicted octanol–water partition coefficient (Wildman–Crippen LogP) is 0.625. The predicted molar refractivity (Wildman–Crippen MR) is 63.7 cm³/mol. The molecule has 1 aliphatic rings. The van der Waals surface area contributed by atoms with Crippen LogP contribution in [-0.2, 0) is 15.1 Å². The summed E-state index contributed by atoms with van der Waals surface area (Å²) in [5.74, 6) is -1.19. The van der Waals surface area contributed by atoms with Crippen molar-refractivity contribution in [1.82, 2.24) is 10.5 Å². The zero-order valence-electron chi connectivity index (χ0n) is 10.0. The van der Waals surface area contributed by atoms with Gasteiger partial charge in [0, 0.05) is 6.92 Å². The van der Waals surface area contributed by atoms with Crippen LogP contribution in [0.1, 0.15) is 19.4 Å². The molecule has 6 heteroatoms. The van der Waals surface area contributed by atoms with Gasteiger partial charge in [0.2, 0.25) is 11.4 Å². The number of nitrogens with zero attached hydrogens (tertiary/aromatic N) is 2. The minimum atomic E-state index is -1.58. The molecule has 94 valence electrons. The van der Waals surface area contributed by atoms with E-state index in [1.807, 2.05) is 0 Å². The van der Waals surface area contributed by atoms with Crippen LogP contribution < -0.4 is 5.43 Å². The summed E-state index contributed by atoms with van der Waals surface area (Å²) in [6.45, 7) is 2.76. The van der Waals surface area contributed by atoms with E-state index in [9.17, 15) is 14.8 Å². The fourth-order valence-corrected chi connectivity index (χ4v) is 2.09. The molecule has 0 aliphatic carbocycles. The molecule has 0 aromatic heterocycles. The largest absolute Gasteiger partial charge is 0.284 e. The van der Waals surface area contributed by atoms with Gasteiger partial charge in [-0.25, -0.2) is 5.43 Å². The lowest BCUT2D eigenvalue weighted by atomic mass is 9.85. The van der Waals surface area contributed by atoms with Gasteiger partial charge >= 0.3 is 0 Å². The summed E-state index contributed by atoms with van der Waals surface area (Å²) in [5, 5.41) is 14.2. The van der Waals surface area contributed by atoms with Gasteiger partial charge in [-0.05, 0) is 12.5 Å². The summed E-state index contributed by atoms with van der Waals surface area (Å²) in [5.41, 5.74) is 1.51. The van der Waals surface area contributed by atoms with E-state index in [4.69, 9.17) is 0 Å². The van der Waals surface area contributed by atoms with E-state index in [-0.39, 0.29) is 0 Å². The quantitative estimate of drug-likeness (QED) is 0.594. The second kappa shape index (κ2) is 4.23. The number of carbonyl (C=O) groups excluding carboxylic acids is 2. The van der Waals surface area contributed by atoms with Crippen LogP contribution in [0.25, 0.3) is 0 Å². The van der Waals surface area contributed by atoms with Gasteiger partial charge in [-0.2, -0.15) is 10.2 Å². The van der Waals surface area contributed by atoms with Gasteiger partial charge in [0.15, 0.2) is 0 Å². The van der Waals surface area contributed by atoms with Crippen LogP contribution >= 0.6 is 0 Å². The molecule has 0 fully saturated rings. The number of carbonyl (C=O) groups is 2. The van der Waals surface area contributed by atoms with Crippen molar-refractivity contribution in [2.24, 2.45) is 5.10 Å². The second-order valence-electron chi connectivity index (χ2n) is 4.05. The third-order valence-corrected chi connectivity index (χ3v) is 2.98. The molecule has 2 rings (SSSR count). The molecule has 1 aromatic carbocycles. The lowest BCUT2D eigenvalue weighted by molar-refractivity contribution is -0.186. The van der Waals surface area contributed by atoms with Gasteiger partial charge in [-0.3, -0.25) is 14.8 Å². The molecular formula is C12H13N3O3. The van der Waals surface area contributed by atoms with Crippen molar-refractivity contribution in [3.05, 3.63) is 35.9 Å². The van der Waals surface area contributed by atoms with E-state index < -0.39 is 17.4 Å². The Labute approximate surface area is 104 Å². The number of benzene rings is 1. The summed E-state index contributed by atoms with van der Waals surface area (Å²) in [7, 11) is 0. The third-order valence-electron chi connectivity index (χ3n) is 2.98. The van der Waals surface area contributed by atoms with Gasteiger partial charge in [-0.1, -0.05) is 30.3 Å². The first-order valence-corrected chi connectivity index (χ1v) is 5.41. The number of amides is 2. The number of nitrogens with one attached hydrogen (secondary N) is 1. The van der Waals surface area contributed by atoms with Crippen LogP contribution in [-0.4, -0.2) is 27.8 Å². The second-order valence-corrected chi connectivity index (χ2v) is 4.05. The van der Waals surface area contributed by atoms with Crippen molar-refractivity contribution >= 4 is 17.5 Å². The maximum Gasteiger partial charge on any atom is 0.279 e. The summed E-state index contributed by atoms with van der Waals surface area (Å²) >= 11 is 0. The van der Waals surface area contributed by atoms with Crippen molar-refractivity contribution in [2.45, 2.75) is 19.4 Å². The number of hydrogen-bond acceptors (Lipinski definition) is 4. The highest BCUT2D eigenvalue weighted by molar-refractivity contribution is 6.17. The van der Waals surface area contributed by atoms with Crippen LogP contribution in [0.4, 0.5) is 0 Å². The van der Waals surface area contributed by atoms with E-state index in [0.717, 1.165) is 0 Å². The molecule has 0 saturated carbocycles. The van der Waals surface area contributed by atoms with Crippen LogP contribution in [0, 0.1) is 0 Å². The topological polar surface area (TPSA) is 82.0 Å². The van der Waals surface area contributed by atoms with E-state index in [2.05, 4.69) is 10.5 Å². The summed E-state index contributed by atoms with van der Waals surface area (Å²) in [6, 6.07) is 8.56. The molecule has 1 atom stereocenters. The Morgan fingerprint density at radius 2 is 2.00 bits per heavy atom. The van der Waals surface area contributed by atoms with Gasteiger partial charge < -0.3 is 0 Å². The first kappa shape index (κ1) is 12.3. The van der Waals surface area contributed by atoms with Crippen LogP contribution in [0.5, 0.6) is 0 Å². The molecule has 0 saturated heterocycles. The first-order chi connectivity index (χ1) is 8.51. The molecule has 0 bridgehead atoms. The standard InChI is InChI=1S/C12H13N3O3/c1-8-12(11(17)14-13-8,15(18)9(2)16)10-6-4-3-5-7-10/h3-7,18H,1-2H3,(H,14,17). The minimum Gasteiger partial charge on any atom is -0.284 e. The van der Waals surface area contributed by atoms with Gasteiger partial charge in [-0.15, -0.1) is 0 Å². The number of hydrazone groups is 1. The van der Waals surface area contributed by atoms with Crippen molar-refractivity contribution in [2.75, 3.05) is 0 Å². The Kier molecular flexibility index (Phi) is 2.88. The minimum absolute atomic E-state index is 0.316. The number of hydroxylamine groups is 2. The molecule has 2 amide bonds. The Bertz CT molecular complexity index is 527. The Balaban J connectivity index is 2.65. The highest BCUT2D eigenvalue weighted by Gasteiger charge is 2.53. The van der Waals surface area contributed by atoms with Crippen LogP contribution in [0.3, 0.4) is 0 Å². The highest BCUT2D eigenvalue weighted by atomic mass is 16.5. The Morgan fingerprint density at radius 3 is 2.44 bits per heavy atom. The Hall–Kier alpha value is -2.21. The fraction of sp³-hybridized carbons (Fsp3) is 0.250. The smallest absolute Gasteiger partial charge is 0.279 e. The summed E-state index contributed by atoms with van der Waals surface area (Å²) < 4.78 is 0. The van der Waals surface area contributed by atoms with E-state index in [1.165, 1.54) is 6.92 Å². The van der Waals surface area contributed by atoms with E-state index in [1.54, 1.807) is 37.3 Å². The lowest BCUT2D eigenvalue weighted by Gasteiger charge is -2.33. The zero-order valence-corrected chi connectivity index (χ0v) is 10.0. The molecule has 2 N–H and O–H groups in total. The fourth-order valence-electron chi connectivity index (χ4n) is 2.09. The molecule has 1 unspecified atom stereocenters. The van der Waals surface area contributed by atoms with Gasteiger partial charge in [0.1, 0.15) is 0 Å². The maximum absolute atomic E-state index is 12.1. The lowest BCUT2D eigenvalue weighted by Crippen LogP contribution is -2.56. The summed E-state index contributed by atoms with van der Waals surface area (Å²) in [4.78, 5) is 23.5. The van der Waals surface area contributed by atoms with Crippen molar-refractivity contribution in [1.29, 1.82) is 0 Å². The first-order valence-electron chi connectivity index (χ1n) is 5.41. The van der Waals surface area contributed by atoms with Crippen molar-refractivity contribution in [3.63, 3.8) is 0 Å². The number of rotatable bonds is 2. The van der Waals surface area contributed by atoms with Gasteiger partial charge in [0.25, 0.3) is 5.91 Å². The normalized spacial score (nSPS) is 22.4. The van der Waals surface area contributed by atoms with Gasteiger partial charge in [0.05, 0.1) is 5.71 Å². The summed E-state index contributed by atoms with van der Waals surface area (Å²) in [6.07, 6.45) is 0. The zero-order chi connectivity index (χ0) is 13.3. The van der Waals surface area contributed by atoms with E-state index >= 15 is 0 Å². The maximum atomic E-state index is 12.1. The SMILES string of the molecule is CC(=O)N(O)C1(c2ccccc2)C(=O)NN=C1C. The molecule has 0 radical (unpaired) electrons. The van der Waals surface area contributed by atoms with Crippen molar-refractivity contribution in [3.8, 4) is 0 Å². The molecule has 1 aromatic rings. The van der Waals surface area contributed by atoms with Crippen molar-refractivity contribution < 1.29 is 14.8 Å². The van der Waals surface area contributed by atoms with E-state index in [0.29, 0.717) is 16.3 Å². The molecule has 0 spiro atoms. The number of hydrogen-bond donors (Lipinski definition) is 2. The Morgan fingerprint density at radius 1 is 1.39 bits per heavy atom. The van der Waals surface area contributed by atoms with Crippen LogP contribution in [0.2, 0.25) is 0 Å². The molecule has 18 heavy (non-hydrogen) atoms. The molecule has 1 heterocycles. The molecule has 1 aliphatic heterocycles. The van der Waals surface area contributed by atoms with Crippen LogP contribution in [0.15, 0.2) is 35.4 Å². The average molecular weight is 247 g/mol. The monoisotopic (exact) mass is 247 g/mol. The molecule has 6 nitrogen and oxygen atoms in total. The highest BCUT2D eigenvalue weighted by Crippen LogP contribution is 2.32.